The van der Waals surface area contributed by atoms with E-state index in [-0.39, 0.29) is 12.8 Å². The number of hydrogen-bond acceptors (Lipinski definition) is 5. The number of hydrogen-bond donors (Lipinski definition) is 1. The van der Waals surface area contributed by atoms with Gasteiger partial charge in [0.25, 0.3) is 0 Å². The summed E-state index contributed by atoms with van der Waals surface area (Å²) in [5.74, 6) is 2.30. The van der Waals surface area contributed by atoms with Gasteiger partial charge in [-0.05, 0) is 43.8 Å². The Labute approximate surface area is 146 Å². The molecule has 5 heteroatoms. The summed E-state index contributed by atoms with van der Waals surface area (Å²) in [6.07, 6.45) is -0.619. The van der Waals surface area contributed by atoms with Crippen LogP contribution in [0.3, 0.4) is 0 Å². The van der Waals surface area contributed by atoms with Crippen molar-refractivity contribution in [2.45, 2.75) is 19.1 Å². The van der Waals surface area contributed by atoms with E-state index in [0.717, 1.165) is 28.0 Å². The lowest BCUT2D eigenvalue weighted by atomic mass is 10.1. The van der Waals surface area contributed by atoms with E-state index < -0.39 is 6.10 Å². The molecule has 0 saturated carbocycles. The zero-order chi connectivity index (χ0) is 17.4. The topological polar surface area (TPSA) is 55.1 Å². The van der Waals surface area contributed by atoms with Gasteiger partial charge >= 0.3 is 0 Å². The summed E-state index contributed by atoms with van der Waals surface area (Å²) in [6.45, 7) is 2.79. The van der Waals surface area contributed by atoms with Crippen molar-refractivity contribution < 1.29 is 19.0 Å². The molecule has 0 spiro atoms. The molecule has 0 saturated heterocycles. The molecule has 4 rings (SSSR count). The number of furan rings is 1. The summed E-state index contributed by atoms with van der Waals surface area (Å²) < 4.78 is 16.6. The molecule has 1 aliphatic rings. The number of benzene rings is 2. The molecule has 3 aromatic rings. The Morgan fingerprint density at radius 2 is 1.88 bits per heavy atom. The molecule has 0 radical (unpaired) electrons. The van der Waals surface area contributed by atoms with E-state index in [2.05, 4.69) is 17.9 Å². The van der Waals surface area contributed by atoms with Gasteiger partial charge in [-0.2, -0.15) is 0 Å². The standard InChI is InChI=1S/C20H21NO4/c1-13(19-10-15-5-3-4-6-17(15)25-19)21(2)11-16(22)14-7-8-18-20(9-14)24-12-23-18/h3-10,13,16,22H,11-12H2,1-2H3. The first-order valence-electron chi connectivity index (χ1n) is 8.38. The molecule has 1 aromatic heterocycles. The van der Waals surface area contributed by atoms with Gasteiger partial charge in [0.05, 0.1) is 12.1 Å². The van der Waals surface area contributed by atoms with E-state index in [1.54, 1.807) is 0 Å². The summed E-state index contributed by atoms with van der Waals surface area (Å²) in [5.41, 5.74) is 1.70. The van der Waals surface area contributed by atoms with Gasteiger partial charge in [-0.1, -0.05) is 24.3 Å². The van der Waals surface area contributed by atoms with Gasteiger partial charge in [-0.25, -0.2) is 0 Å². The molecule has 0 amide bonds. The molecule has 2 unspecified atom stereocenters. The van der Waals surface area contributed by atoms with Gasteiger partial charge in [0.2, 0.25) is 6.79 Å². The average molecular weight is 339 g/mol. The highest BCUT2D eigenvalue weighted by atomic mass is 16.7. The first-order valence-corrected chi connectivity index (χ1v) is 8.38. The van der Waals surface area contributed by atoms with Crippen LogP contribution in [0.1, 0.15) is 30.4 Å². The number of likely N-dealkylation sites (N-methyl/N-ethyl adjacent to an activating group) is 1. The molecule has 2 aromatic carbocycles. The maximum absolute atomic E-state index is 10.6. The number of rotatable bonds is 5. The molecule has 1 N–H and O–H groups in total. The number of para-hydroxylation sites is 1. The van der Waals surface area contributed by atoms with Crippen LogP contribution in [-0.4, -0.2) is 30.4 Å². The Balaban J connectivity index is 1.47. The summed E-state index contributed by atoms with van der Waals surface area (Å²) in [6, 6.07) is 15.6. The lowest BCUT2D eigenvalue weighted by molar-refractivity contribution is 0.103. The highest BCUT2D eigenvalue weighted by Crippen LogP contribution is 2.35. The summed E-state index contributed by atoms with van der Waals surface area (Å²) >= 11 is 0. The second-order valence-corrected chi connectivity index (χ2v) is 6.43. The third-order valence-corrected chi connectivity index (χ3v) is 4.76. The molecular weight excluding hydrogens is 318 g/mol. The van der Waals surface area contributed by atoms with Crippen molar-refractivity contribution in [1.29, 1.82) is 0 Å². The quantitative estimate of drug-likeness (QED) is 0.764. The molecule has 130 valence electrons. The zero-order valence-electron chi connectivity index (χ0n) is 14.3. The van der Waals surface area contributed by atoms with Crippen molar-refractivity contribution >= 4 is 11.0 Å². The lowest BCUT2D eigenvalue weighted by Crippen LogP contribution is -2.27. The van der Waals surface area contributed by atoms with E-state index in [4.69, 9.17) is 13.9 Å². The molecule has 25 heavy (non-hydrogen) atoms. The minimum Gasteiger partial charge on any atom is -0.459 e. The molecule has 0 fully saturated rings. The minimum absolute atomic E-state index is 0.0519. The van der Waals surface area contributed by atoms with Crippen molar-refractivity contribution in [3.63, 3.8) is 0 Å². The lowest BCUT2D eigenvalue weighted by Gasteiger charge is -2.25. The Bertz CT molecular complexity index is 855. The van der Waals surface area contributed by atoms with Crippen molar-refractivity contribution in [3.05, 3.63) is 59.9 Å². The maximum atomic E-state index is 10.6. The van der Waals surface area contributed by atoms with E-state index in [1.165, 1.54) is 0 Å². The monoisotopic (exact) mass is 339 g/mol. The van der Waals surface area contributed by atoms with Crippen LogP contribution in [0.2, 0.25) is 0 Å². The zero-order valence-corrected chi connectivity index (χ0v) is 14.3. The van der Waals surface area contributed by atoms with Crippen molar-refractivity contribution in [3.8, 4) is 11.5 Å². The SMILES string of the molecule is CC(c1cc2ccccc2o1)N(C)CC(O)c1ccc2c(c1)OCO2. The predicted molar refractivity (Wildman–Crippen MR) is 94.8 cm³/mol. The second kappa shape index (κ2) is 6.43. The summed E-state index contributed by atoms with van der Waals surface area (Å²) in [4.78, 5) is 2.08. The Morgan fingerprint density at radius 3 is 2.72 bits per heavy atom. The van der Waals surface area contributed by atoms with E-state index in [0.29, 0.717) is 12.3 Å². The van der Waals surface area contributed by atoms with Crippen molar-refractivity contribution in [2.24, 2.45) is 0 Å². The summed E-state index contributed by atoms with van der Waals surface area (Å²) in [7, 11) is 1.98. The van der Waals surface area contributed by atoms with Gasteiger partial charge in [0.1, 0.15) is 11.3 Å². The fraction of sp³-hybridized carbons (Fsp3) is 0.300. The number of aliphatic hydroxyl groups excluding tert-OH is 1. The third-order valence-electron chi connectivity index (χ3n) is 4.76. The number of nitrogens with zero attached hydrogens (tertiary/aromatic N) is 1. The van der Waals surface area contributed by atoms with E-state index >= 15 is 0 Å². The maximum Gasteiger partial charge on any atom is 0.231 e. The van der Waals surface area contributed by atoms with Crippen LogP contribution in [0.15, 0.2) is 52.9 Å². The summed E-state index contributed by atoms with van der Waals surface area (Å²) in [5, 5.41) is 11.7. The highest BCUT2D eigenvalue weighted by molar-refractivity contribution is 5.77. The Hall–Kier alpha value is -2.50. The Morgan fingerprint density at radius 1 is 1.08 bits per heavy atom. The van der Waals surface area contributed by atoms with Crippen LogP contribution in [0, 0.1) is 0 Å². The molecular formula is C20H21NO4. The highest BCUT2D eigenvalue weighted by Gasteiger charge is 2.21. The largest absolute Gasteiger partial charge is 0.459 e. The molecule has 0 bridgehead atoms. The number of ether oxygens (including phenoxy) is 2. The van der Waals surface area contributed by atoms with Crippen LogP contribution in [0.5, 0.6) is 11.5 Å². The normalized spacial score (nSPS) is 15.7. The van der Waals surface area contributed by atoms with Crippen LogP contribution in [0.25, 0.3) is 11.0 Å². The van der Waals surface area contributed by atoms with Crippen molar-refractivity contribution in [1.82, 2.24) is 4.90 Å². The fourth-order valence-electron chi connectivity index (χ4n) is 3.08. The van der Waals surface area contributed by atoms with E-state index in [1.807, 2.05) is 49.5 Å². The van der Waals surface area contributed by atoms with Crippen LogP contribution < -0.4 is 9.47 Å². The first kappa shape index (κ1) is 16.0. The first-order chi connectivity index (χ1) is 12.1. The van der Waals surface area contributed by atoms with Crippen LogP contribution in [0.4, 0.5) is 0 Å². The van der Waals surface area contributed by atoms with Gasteiger partial charge in [0, 0.05) is 11.9 Å². The second-order valence-electron chi connectivity index (χ2n) is 6.43. The van der Waals surface area contributed by atoms with Gasteiger partial charge in [0.15, 0.2) is 11.5 Å². The van der Waals surface area contributed by atoms with Gasteiger partial charge in [-0.15, -0.1) is 0 Å². The van der Waals surface area contributed by atoms with Crippen LogP contribution in [-0.2, 0) is 0 Å². The van der Waals surface area contributed by atoms with E-state index in [9.17, 15) is 5.11 Å². The smallest absolute Gasteiger partial charge is 0.231 e. The minimum atomic E-state index is -0.619. The fourth-order valence-corrected chi connectivity index (χ4v) is 3.08. The molecule has 0 aliphatic carbocycles. The van der Waals surface area contributed by atoms with Crippen LogP contribution >= 0.6 is 0 Å². The van der Waals surface area contributed by atoms with Crippen molar-refractivity contribution in [2.75, 3.05) is 20.4 Å². The Kier molecular flexibility index (Phi) is 4.11. The average Bonchev–Trinajstić information content (AvgIpc) is 3.26. The van der Waals surface area contributed by atoms with Gasteiger partial charge in [-0.3, -0.25) is 4.90 Å². The molecule has 5 nitrogen and oxygen atoms in total. The number of aliphatic hydroxyl groups is 1. The molecule has 1 aliphatic heterocycles. The predicted octanol–water partition coefficient (Wildman–Crippen LogP) is 3.89. The van der Waals surface area contributed by atoms with Gasteiger partial charge < -0.3 is 19.0 Å². The molecule has 2 heterocycles. The third kappa shape index (κ3) is 3.08. The number of fused-ring (bicyclic) bond motifs is 2. The molecule has 2 atom stereocenters.